The Hall–Kier alpha value is -3.54. The fraction of sp³-hybridized carbons (Fsp3) is 0.379. The lowest BCUT2D eigenvalue weighted by Crippen LogP contribution is -2.47. The number of nitrogens with two attached hydrogens (primary N) is 1. The maximum absolute atomic E-state index is 11.4. The summed E-state index contributed by atoms with van der Waals surface area (Å²) < 4.78 is 31.7. The number of alkyl halides is 3. The van der Waals surface area contributed by atoms with Gasteiger partial charge in [-0.15, -0.1) is 0 Å². The highest BCUT2D eigenvalue weighted by Crippen LogP contribution is 2.42. The molecule has 0 spiro atoms. The van der Waals surface area contributed by atoms with Crippen molar-refractivity contribution in [3.63, 3.8) is 0 Å². The van der Waals surface area contributed by atoms with Gasteiger partial charge in [-0.3, -0.25) is 4.90 Å². The number of nitrogens with zero attached hydrogens (tertiary/aromatic N) is 3. The summed E-state index contributed by atoms with van der Waals surface area (Å²) in [6.45, 7) is 2.37. The van der Waals surface area contributed by atoms with Crippen LogP contribution in [-0.2, 0) is 23.2 Å². The Labute approximate surface area is 240 Å². The third kappa shape index (κ3) is 7.03. The van der Waals surface area contributed by atoms with Crippen molar-refractivity contribution in [2.75, 3.05) is 13.1 Å². The van der Waals surface area contributed by atoms with Crippen LogP contribution in [0.25, 0.3) is 11.3 Å². The van der Waals surface area contributed by atoms with E-state index in [-0.39, 0.29) is 11.0 Å². The van der Waals surface area contributed by atoms with Crippen LogP contribution in [0.4, 0.5) is 13.2 Å². The van der Waals surface area contributed by atoms with Crippen LogP contribution in [0.2, 0.25) is 5.02 Å². The fourth-order valence-corrected chi connectivity index (χ4v) is 5.87. The molecule has 0 unspecified atom stereocenters. The van der Waals surface area contributed by atoms with E-state index in [1.54, 1.807) is 24.5 Å². The molecular formula is C29H30ClF3N4O4. The van der Waals surface area contributed by atoms with Crippen LogP contribution in [0.3, 0.4) is 0 Å². The standard InChI is InChI=1S/C27H29ClN4O2.C2HF3O2/c28-21-6-2-5-20(14-21)27(16-29)10-7-22(8-11-27)32-12-9-23-24(15-32)30-17-31-25(23)18-3-1-4-19(13-18)26(33)34;3-2(4,5)1(6)7/h1-6,13-14,17,22H,7-12,15-16,29H2,(H,33,34);(H,6,7)/t22-,27+;. The third-order valence-corrected chi connectivity index (χ3v) is 8.15. The summed E-state index contributed by atoms with van der Waals surface area (Å²) in [6, 6.07) is 15.7. The minimum atomic E-state index is -5.08. The molecule has 0 amide bonds. The highest BCUT2D eigenvalue weighted by Gasteiger charge is 2.39. The maximum atomic E-state index is 11.4. The van der Waals surface area contributed by atoms with Crippen LogP contribution in [0.5, 0.6) is 0 Å². The molecule has 1 aliphatic heterocycles. The molecular weight excluding hydrogens is 561 g/mol. The number of carbonyl (C=O) groups is 2. The van der Waals surface area contributed by atoms with Gasteiger partial charge in [-0.25, -0.2) is 19.6 Å². The van der Waals surface area contributed by atoms with Crippen LogP contribution in [0, 0.1) is 0 Å². The second kappa shape index (κ2) is 12.5. The molecule has 2 aliphatic rings. The van der Waals surface area contributed by atoms with Gasteiger partial charge < -0.3 is 15.9 Å². The first kappa shape index (κ1) is 30.4. The van der Waals surface area contributed by atoms with Crippen molar-refractivity contribution in [2.45, 2.75) is 56.3 Å². The largest absolute Gasteiger partial charge is 0.490 e. The second-order valence-electron chi connectivity index (χ2n) is 10.3. The maximum Gasteiger partial charge on any atom is 0.490 e. The Morgan fingerprint density at radius 1 is 1.07 bits per heavy atom. The van der Waals surface area contributed by atoms with Crippen LogP contribution in [0.15, 0.2) is 54.9 Å². The molecule has 2 heterocycles. The molecule has 2 aromatic carbocycles. The predicted octanol–water partition coefficient (Wildman–Crippen LogP) is 5.33. The van der Waals surface area contributed by atoms with Crippen LogP contribution in [-0.4, -0.2) is 62.3 Å². The number of aliphatic carboxylic acids is 1. The van der Waals surface area contributed by atoms with Crippen LogP contribution < -0.4 is 5.73 Å². The molecule has 4 N–H and O–H groups in total. The first-order chi connectivity index (χ1) is 19.4. The Kier molecular flexibility index (Phi) is 9.31. The zero-order chi connectivity index (χ0) is 29.8. The Morgan fingerprint density at radius 2 is 1.76 bits per heavy atom. The summed E-state index contributed by atoms with van der Waals surface area (Å²) in [4.78, 5) is 32.0. The monoisotopic (exact) mass is 590 g/mol. The summed E-state index contributed by atoms with van der Waals surface area (Å²) in [5.74, 6) is -3.69. The van der Waals surface area contributed by atoms with Gasteiger partial charge in [-0.1, -0.05) is 35.9 Å². The van der Waals surface area contributed by atoms with Crippen molar-refractivity contribution in [1.29, 1.82) is 0 Å². The lowest BCUT2D eigenvalue weighted by atomic mass is 9.68. The summed E-state index contributed by atoms with van der Waals surface area (Å²) in [6.07, 6.45) is 1.67. The molecule has 41 heavy (non-hydrogen) atoms. The number of halogens is 4. The lowest BCUT2D eigenvalue weighted by Gasteiger charge is -2.44. The molecule has 0 bridgehead atoms. The Morgan fingerprint density at radius 3 is 2.37 bits per heavy atom. The van der Waals surface area contributed by atoms with Gasteiger partial charge in [0.25, 0.3) is 0 Å². The molecule has 3 aromatic rings. The molecule has 1 aliphatic carbocycles. The summed E-state index contributed by atoms with van der Waals surface area (Å²) in [5.41, 5.74) is 11.7. The van der Waals surface area contributed by atoms with Crippen molar-refractivity contribution < 1.29 is 33.0 Å². The van der Waals surface area contributed by atoms with Crippen molar-refractivity contribution in [3.8, 4) is 11.3 Å². The fourth-order valence-electron chi connectivity index (χ4n) is 5.68. The molecule has 0 radical (unpaired) electrons. The number of hydrogen-bond donors (Lipinski definition) is 3. The number of carboxylic acid groups (broad SMARTS) is 2. The van der Waals surface area contributed by atoms with Crippen molar-refractivity contribution in [1.82, 2.24) is 14.9 Å². The minimum Gasteiger partial charge on any atom is -0.478 e. The van der Waals surface area contributed by atoms with Gasteiger partial charge in [-0.2, -0.15) is 13.2 Å². The molecule has 0 saturated heterocycles. The minimum absolute atomic E-state index is 0.000406. The number of aromatic carboxylic acids is 1. The molecule has 1 fully saturated rings. The SMILES string of the molecule is NC[C@]1(c2cccc(Cl)c2)CC[C@@H](N2CCc3c(ncnc3-c3cccc(C(=O)O)c3)C2)CC1.O=C(O)C(F)(F)F. The molecule has 1 aromatic heterocycles. The smallest absolute Gasteiger partial charge is 0.478 e. The Bertz CT molecular complexity index is 1410. The van der Waals surface area contributed by atoms with Crippen molar-refractivity contribution >= 4 is 23.5 Å². The molecule has 12 heteroatoms. The highest BCUT2D eigenvalue weighted by atomic mass is 35.5. The van der Waals surface area contributed by atoms with E-state index in [9.17, 15) is 23.1 Å². The molecule has 0 atom stereocenters. The van der Waals surface area contributed by atoms with Crippen LogP contribution in [0.1, 0.15) is 52.9 Å². The van der Waals surface area contributed by atoms with E-state index in [2.05, 4.69) is 27.0 Å². The van der Waals surface area contributed by atoms with Gasteiger partial charge in [0.1, 0.15) is 6.33 Å². The highest BCUT2D eigenvalue weighted by molar-refractivity contribution is 6.30. The average molecular weight is 591 g/mol. The number of hydrogen-bond acceptors (Lipinski definition) is 6. The van der Waals surface area contributed by atoms with E-state index in [4.69, 9.17) is 27.2 Å². The first-order valence-electron chi connectivity index (χ1n) is 13.1. The number of fused-ring (bicyclic) bond motifs is 1. The van der Waals surface area contributed by atoms with E-state index < -0.39 is 18.1 Å². The van der Waals surface area contributed by atoms with E-state index >= 15 is 0 Å². The third-order valence-electron chi connectivity index (χ3n) is 7.92. The first-order valence-corrected chi connectivity index (χ1v) is 13.5. The van der Waals surface area contributed by atoms with E-state index in [1.807, 2.05) is 18.2 Å². The summed E-state index contributed by atoms with van der Waals surface area (Å²) >= 11 is 6.27. The number of rotatable bonds is 5. The van der Waals surface area contributed by atoms with Gasteiger partial charge >= 0.3 is 18.1 Å². The summed E-state index contributed by atoms with van der Waals surface area (Å²) in [7, 11) is 0. The van der Waals surface area contributed by atoms with E-state index in [0.717, 1.165) is 72.7 Å². The van der Waals surface area contributed by atoms with Gasteiger partial charge in [0, 0.05) is 47.2 Å². The molecule has 218 valence electrons. The summed E-state index contributed by atoms with van der Waals surface area (Å²) in [5, 5.41) is 17.3. The predicted molar refractivity (Wildman–Crippen MR) is 147 cm³/mol. The second-order valence-corrected chi connectivity index (χ2v) is 10.7. The van der Waals surface area contributed by atoms with Gasteiger partial charge in [0.2, 0.25) is 0 Å². The van der Waals surface area contributed by atoms with Gasteiger partial charge in [0.05, 0.1) is 17.0 Å². The number of carboxylic acids is 2. The zero-order valence-corrected chi connectivity index (χ0v) is 22.8. The molecule has 1 saturated carbocycles. The topological polar surface area (TPSA) is 130 Å². The van der Waals surface area contributed by atoms with Gasteiger partial charge in [-0.05, 0) is 61.9 Å². The quantitative estimate of drug-likeness (QED) is 0.364. The molecule has 5 rings (SSSR count). The number of aromatic nitrogens is 2. The van der Waals surface area contributed by atoms with Crippen molar-refractivity contribution in [3.05, 3.63) is 82.3 Å². The average Bonchev–Trinajstić information content (AvgIpc) is 2.96. The van der Waals surface area contributed by atoms with E-state index in [1.165, 1.54) is 5.56 Å². The van der Waals surface area contributed by atoms with Crippen molar-refractivity contribution in [2.24, 2.45) is 5.73 Å². The Balaban J connectivity index is 0.000000493. The molecule has 8 nitrogen and oxygen atoms in total. The number of benzene rings is 2. The van der Waals surface area contributed by atoms with Gasteiger partial charge in [0.15, 0.2) is 0 Å². The normalized spacial score (nSPS) is 20.9. The van der Waals surface area contributed by atoms with Crippen LogP contribution >= 0.6 is 11.6 Å². The zero-order valence-electron chi connectivity index (χ0n) is 22.1. The van der Waals surface area contributed by atoms with E-state index in [0.29, 0.717) is 12.6 Å². The lowest BCUT2D eigenvalue weighted by molar-refractivity contribution is -0.192.